The van der Waals surface area contributed by atoms with Gasteiger partial charge in [0.2, 0.25) is 0 Å². The molecule has 1 radical (unpaired) electrons. The second-order valence-corrected chi connectivity index (χ2v) is 3.34. The van der Waals surface area contributed by atoms with E-state index in [-0.39, 0.29) is 12.4 Å². The molecule has 0 fully saturated rings. The van der Waals surface area contributed by atoms with Crippen molar-refractivity contribution in [3.05, 3.63) is 6.92 Å². The molecule has 0 rings (SSSR count). The molecular formula is C5H11O3S. The highest BCUT2D eigenvalue weighted by Crippen LogP contribution is 1.93. The zero-order chi connectivity index (χ0) is 7.33. The third-order valence-electron chi connectivity index (χ3n) is 0.717. The summed E-state index contributed by atoms with van der Waals surface area (Å²) in [5.74, 6) is 0.0858. The minimum Gasteiger partial charge on any atom is -0.270 e. The second kappa shape index (κ2) is 3.85. The fourth-order valence-electron chi connectivity index (χ4n) is 0.436. The minimum absolute atomic E-state index is 0.0116. The summed E-state index contributed by atoms with van der Waals surface area (Å²) in [7, 11) is -3.24. The van der Waals surface area contributed by atoms with Gasteiger partial charge in [0, 0.05) is 0 Å². The Hall–Kier alpha value is -0.0900. The van der Waals surface area contributed by atoms with E-state index < -0.39 is 10.1 Å². The predicted octanol–water partition coefficient (Wildman–Crippen LogP) is 0.577. The average Bonchev–Trinajstić information content (AvgIpc) is 1.64. The SMILES string of the molecule is [CH2]COS(=O)(=O)CCC. The molecule has 0 saturated carbocycles. The van der Waals surface area contributed by atoms with Crippen LogP contribution in [0.15, 0.2) is 0 Å². The van der Waals surface area contributed by atoms with Crippen molar-refractivity contribution in [3.8, 4) is 0 Å². The Kier molecular flexibility index (Phi) is 3.81. The molecule has 0 saturated heterocycles. The van der Waals surface area contributed by atoms with Crippen molar-refractivity contribution in [2.24, 2.45) is 0 Å². The molecule has 0 bridgehead atoms. The average molecular weight is 151 g/mol. The molecule has 0 heterocycles. The van der Waals surface area contributed by atoms with E-state index in [4.69, 9.17) is 0 Å². The van der Waals surface area contributed by atoms with Crippen molar-refractivity contribution in [2.45, 2.75) is 13.3 Å². The van der Waals surface area contributed by atoms with E-state index in [0.717, 1.165) is 0 Å². The topological polar surface area (TPSA) is 43.4 Å². The monoisotopic (exact) mass is 151 g/mol. The highest BCUT2D eigenvalue weighted by Gasteiger charge is 2.06. The van der Waals surface area contributed by atoms with E-state index in [1.54, 1.807) is 6.92 Å². The second-order valence-electron chi connectivity index (χ2n) is 1.58. The van der Waals surface area contributed by atoms with E-state index in [1.165, 1.54) is 0 Å². The summed E-state index contributed by atoms with van der Waals surface area (Å²) >= 11 is 0. The zero-order valence-corrected chi connectivity index (χ0v) is 6.28. The molecule has 0 amide bonds. The Morgan fingerprint density at radius 3 is 2.44 bits per heavy atom. The van der Waals surface area contributed by atoms with Gasteiger partial charge < -0.3 is 0 Å². The minimum atomic E-state index is -3.24. The normalized spacial score (nSPS) is 11.8. The largest absolute Gasteiger partial charge is 0.270 e. The lowest BCUT2D eigenvalue weighted by molar-refractivity contribution is 0.355. The van der Waals surface area contributed by atoms with Crippen LogP contribution in [-0.2, 0) is 14.3 Å². The lowest BCUT2D eigenvalue weighted by Gasteiger charge is -1.98. The van der Waals surface area contributed by atoms with Crippen molar-refractivity contribution in [1.29, 1.82) is 0 Å². The van der Waals surface area contributed by atoms with E-state index in [0.29, 0.717) is 6.42 Å². The first-order valence-electron chi connectivity index (χ1n) is 2.78. The first-order chi connectivity index (χ1) is 4.12. The summed E-state index contributed by atoms with van der Waals surface area (Å²) < 4.78 is 25.5. The standard InChI is InChI=1S/C5H11O3S/c1-3-5-9(6,7)8-4-2/h2-5H2,1H3. The van der Waals surface area contributed by atoms with Crippen LogP contribution in [-0.4, -0.2) is 20.8 Å². The highest BCUT2D eigenvalue weighted by atomic mass is 32.2. The van der Waals surface area contributed by atoms with Crippen molar-refractivity contribution in [3.63, 3.8) is 0 Å². The summed E-state index contributed by atoms with van der Waals surface area (Å²) in [4.78, 5) is 0. The predicted molar refractivity (Wildman–Crippen MR) is 35.4 cm³/mol. The highest BCUT2D eigenvalue weighted by molar-refractivity contribution is 7.86. The first-order valence-corrected chi connectivity index (χ1v) is 4.36. The smallest absolute Gasteiger partial charge is 0.267 e. The van der Waals surface area contributed by atoms with Crippen LogP contribution < -0.4 is 0 Å². The first kappa shape index (κ1) is 8.91. The van der Waals surface area contributed by atoms with E-state index in [1.807, 2.05) is 0 Å². The molecule has 0 spiro atoms. The zero-order valence-electron chi connectivity index (χ0n) is 5.46. The Morgan fingerprint density at radius 2 is 2.11 bits per heavy atom. The molecule has 9 heavy (non-hydrogen) atoms. The van der Waals surface area contributed by atoms with Gasteiger partial charge in [0.15, 0.2) is 0 Å². The van der Waals surface area contributed by atoms with Crippen LogP contribution in [0, 0.1) is 6.92 Å². The quantitative estimate of drug-likeness (QED) is 0.552. The fourth-order valence-corrected chi connectivity index (χ4v) is 1.31. The summed E-state index contributed by atoms with van der Waals surface area (Å²) in [6.07, 6.45) is 0.586. The molecule has 0 aromatic heterocycles. The van der Waals surface area contributed by atoms with Crippen molar-refractivity contribution < 1.29 is 12.6 Å². The molecule has 0 N–H and O–H groups in total. The summed E-state index contributed by atoms with van der Waals surface area (Å²) in [5, 5.41) is 0. The van der Waals surface area contributed by atoms with Crippen molar-refractivity contribution >= 4 is 10.1 Å². The Bertz CT molecular complexity index is 136. The van der Waals surface area contributed by atoms with Gasteiger partial charge in [-0.1, -0.05) is 6.92 Å². The van der Waals surface area contributed by atoms with Crippen molar-refractivity contribution in [2.75, 3.05) is 12.4 Å². The number of hydrogen-bond acceptors (Lipinski definition) is 3. The number of rotatable bonds is 4. The van der Waals surface area contributed by atoms with Crippen LogP contribution >= 0.6 is 0 Å². The van der Waals surface area contributed by atoms with Crippen LogP contribution in [0.25, 0.3) is 0 Å². The van der Waals surface area contributed by atoms with E-state index >= 15 is 0 Å². The molecule has 0 aromatic rings. The maximum atomic E-state index is 10.6. The third kappa shape index (κ3) is 4.42. The van der Waals surface area contributed by atoms with Gasteiger partial charge in [-0.25, -0.2) is 0 Å². The van der Waals surface area contributed by atoms with Gasteiger partial charge in [-0.15, -0.1) is 0 Å². The molecule has 0 unspecified atom stereocenters. The van der Waals surface area contributed by atoms with Gasteiger partial charge in [-0.2, -0.15) is 8.42 Å². The number of hydrogen-bond donors (Lipinski definition) is 0. The summed E-state index contributed by atoms with van der Waals surface area (Å²) in [6.45, 7) is 5.02. The Balaban J connectivity index is 3.73. The lowest BCUT2D eigenvalue weighted by atomic mass is 10.6. The van der Waals surface area contributed by atoms with Gasteiger partial charge in [0.25, 0.3) is 10.1 Å². The van der Waals surface area contributed by atoms with Gasteiger partial charge in [-0.05, 0) is 13.3 Å². The molecule has 0 aromatic carbocycles. The molecule has 0 aliphatic heterocycles. The van der Waals surface area contributed by atoms with Crippen LogP contribution in [0.1, 0.15) is 13.3 Å². The molecular weight excluding hydrogens is 140 g/mol. The molecule has 55 valence electrons. The van der Waals surface area contributed by atoms with Crippen molar-refractivity contribution in [1.82, 2.24) is 0 Å². The summed E-state index contributed by atoms with van der Waals surface area (Å²) in [5.41, 5.74) is 0. The Labute approximate surface area is 56.1 Å². The maximum absolute atomic E-state index is 10.6. The summed E-state index contributed by atoms with van der Waals surface area (Å²) in [6, 6.07) is 0. The third-order valence-corrected chi connectivity index (χ3v) is 2.15. The van der Waals surface area contributed by atoms with Gasteiger partial charge >= 0.3 is 0 Å². The van der Waals surface area contributed by atoms with Crippen LogP contribution in [0.2, 0.25) is 0 Å². The van der Waals surface area contributed by atoms with Gasteiger partial charge in [-0.3, -0.25) is 4.18 Å². The van der Waals surface area contributed by atoms with Crippen LogP contribution in [0.4, 0.5) is 0 Å². The fraction of sp³-hybridized carbons (Fsp3) is 0.800. The van der Waals surface area contributed by atoms with Gasteiger partial charge in [0.05, 0.1) is 12.4 Å². The van der Waals surface area contributed by atoms with Gasteiger partial charge in [0.1, 0.15) is 0 Å². The molecule has 4 heteroatoms. The van der Waals surface area contributed by atoms with E-state index in [9.17, 15) is 8.42 Å². The van der Waals surface area contributed by atoms with Crippen LogP contribution in [0.3, 0.4) is 0 Å². The molecule has 0 aliphatic carbocycles. The molecule has 0 atom stereocenters. The van der Waals surface area contributed by atoms with Crippen LogP contribution in [0.5, 0.6) is 0 Å². The maximum Gasteiger partial charge on any atom is 0.267 e. The molecule has 3 nitrogen and oxygen atoms in total. The van der Waals surface area contributed by atoms with E-state index in [2.05, 4.69) is 11.1 Å². The molecule has 0 aliphatic rings. The Morgan fingerprint density at radius 1 is 1.56 bits per heavy atom. The lowest BCUT2D eigenvalue weighted by Crippen LogP contribution is -2.09.